The van der Waals surface area contributed by atoms with Gasteiger partial charge in [-0.25, -0.2) is 13.1 Å². The molecule has 0 saturated heterocycles. The smallest absolute Gasteiger partial charge is 0.240 e. The number of sulfonamides is 1. The molecule has 0 bridgehead atoms. The van der Waals surface area contributed by atoms with Gasteiger partial charge in [0, 0.05) is 6.04 Å². The fourth-order valence-electron chi connectivity index (χ4n) is 1.72. The van der Waals surface area contributed by atoms with E-state index in [9.17, 15) is 13.5 Å². The van der Waals surface area contributed by atoms with E-state index in [1.165, 1.54) is 0 Å². The van der Waals surface area contributed by atoms with Crippen molar-refractivity contribution >= 4 is 22.4 Å². The molecule has 1 atom stereocenters. The summed E-state index contributed by atoms with van der Waals surface area (Å²) in [5.74, 6) is 0. The van der Waals surface area contributed by atoms with E-state index in [4.69, 9.17) is 0 Å². The third-order valence-electron chi connectivity index (χ3n) is 2.85. The summed E-state index contributed by atoms with van der Waals surface area (Å²) in [6.45, 7) is 2.50. The van der Waals surface area contributed by atoms with Gasteiger partial charge in [-0.05, 0) is 45.5 Å². The lowest BCUT2D eigenvalue weighted by Gasteiger charge is -2.16. The van der Waals surface area contributed by atoms with Gasteiger partial charge in [-0.3, -0.25) is 0 Å². The molecule has 0 aliphatic rings. The lowest BCUT2D eigenvalue weighted by atomic mass is 10.2. The minimum atomic E-state index is -3.56. The standard InChI is InChI=1S/C13H22N2O3S.ClH/c1-11-5-7-13(8-6-11)19(17,18)15-12(10-16)4-3-9-14-2;/h5-8,12,14-16H,3-4,9-10H2,1-2H3;1H. The van der Waals surface area contributed by atoms with Crippen LogP contribution in [0.25, 0.3) is 0 Å². The predicted molar refractivity (Wildman–Crippen MR) is 82.8 cm³/mol. The van der Waals surface area contributed by atoms with Gasteiger partial charge in [-0.1, -0.05) is 17.7 Å². The summed E-state index contributed by atoms with van der Waals surface area (Å²) in [5, 5.41) is 12.2. The van der Waals surface area contributed by atoms with Crippen LogP contribution in [0, 0.1) is 6.92 Å². The van der Waals surface area contributed by atoms with Crippen molar-refractivity contribution < 1.29 is 13.5 Å². The largest absolute Gasteiger partial charge is 0.395 e. The second kappa shape index (κ2) is 9.31. The number of benzene rings is 1. The lowest BCUT2D eigenvalue weighted by molar-refractivity contribution is 0.248. The third kappa shape index (κ3) is 6.19. The molecular formula is C13H23ClN2O3S. The van der Waals surface area contributed by atoms with Crippen LogP contribution < -0.4 is 10.0 Å². The molecule has 20 heavy (non-hydrogen) atoms. The molecule has 116 valence electrons. The van der Waals surface area contributed by atoms with Gasteiger partial charge in [0.25, 0.3) is 0 Å². The van der Waals surface area contributed by atoms with Crippen molar-refractivity contribution in [3.63, 3.8) is 0 Å². The number of aliphatic hydroxyl groups is 1. The summed E-state index contributed by atoms with van der Waals surface area (Å²) in [4.78, 5) is 0.227. The van der Waals surface area contributed by atoms with E-state index in [0.717, 1.165) is 18.5 Å². The summed E-state index contributed by atoms with van der Waals surface area (Å²) in [5.41, 5.74) is 1.01. The van der Waals surface area contributed by atoms with Gasteiger partial charge in [-0.15, -0.1) is 12.4 Å². The van der Waals surface area contributed by atoms with Gasteiger partial charge in [0.2, 0.25) is 10.0 Å². The fourth-order valence-corrected chi connectivity index (χ4v) is 2.98. The summed E-state index contributed by atoms with van der Waals surface area (Å²) < 4.78 is 26.7. The Morgan fingerprint density at radius 1 is 1.25 bits per heavy atom. The Hall–Kier alpha value is -0.660. The third-order valence-corrected chi connectivity index (χ3v) is 4.39. The van der Waals surface area contributed by atoms with Gasteiger partial charge in [-0.2, -0.15) is 0 Å². The monoisotopic (exact) mass is 322 g/mol. The van der Waals surface area contributed by atoms with Crippen LogP contribution in [-0.2, 0) is 10.0 Å². The first-order valence-corrected chi connectivity index (χ1v) is 7.82. The van der Waals surface area contributed by atoms with Gasteiger partial charge in [0.15, 0.2) is 0 Å². The molecule has 0 radical (unpaired) electrons. The van der Waals surface area contributed by atoms with Crippen LogP contribution in [0.1, 0.15) is 18.4 Å². The van der Waals surface area contributed by atoms with E-state index < -0.39 is 16.1 Å². The highest BCUT2D eigenvalue weighted by molar-refractivity contribution is 7.89. The summed E-state index contributed by atoms with van der Waals surface area (Å²) in [6, 6.07) is 6.20. The van der Waals surface area contributed by atoms with Crippen molar-refractivity contribution in [2.75, 3.05) is 20.2 Å². The Morgan fingerprint density at radius 2 is 1.85 bits per heavy atom. The summed E-state index contributed by atoms with van der Waals surface area (Å²) >= 11 is 0. The number of aryl methyl sites for hydroxylation is 1. The quantitative estimate of drug-likeness (QED) is 0.625. The first kappa shape index (κ1) is 19.3. The topological polar surface area (TPSA) is 78.4 Å². The molecule has 1 unspecified atom stereocenters. The summed E-state index contributed by atoms with van der Waals surface area (Å²) in [6.07, 6.45) is 1.40. The zero-order valence-corrected chi connectivity index (χ0v) is 13.4. The minimum absolute atomic E-state index is 0. The van der Waals surface area contributed by atoms with Crippen LogP contribution in [0.4, 0.5) is 0 Å². The molecule has 5 nitrogen and oxygen atoms in total. The van der Waals surface area contributed by atoms with Crippen molar-refractivity contribution in [1.29, 1.82) is 0 Å². The average Bonchev–Trinajstić information content (AvgIpc) is 2.38. The summed E-state index contributed by atoms with van der Waals surface area (Å²) in [7, 11) is -1.72. The Morgan fingerprint density at radius 3 is 2.35 bits per heavy atom. The molecule has 1 aromatic rings. The van der Waals surface area contributed by atoms with E-state index in [1.54, 1.807) is 24.3 Å². The Kier molecular flexibility index (Phi) is 9.00. The highest BCUT2D eigenvalue weighted by Gasteiger charge is 2.19. The maximum Gasteiger partial charge on any atom is 0.240 e. The normalized spacial score (nSPS) is 12.8. The minimum Gasteiger partial charge on any atom is -0.395 e. The Bertz CT molecular complexity index is 477. The fraction of sp³-hybridized carbons (Fsp3) is 0.538. The van der Waals surface area contributed by atoms with Crippen LogP contribution in [0.3, 0.4) is 0 Å². The molecule has 1 rings (SSSR count). The van der Waals surface area contributed by atoms with Crippen molar-refractivity contribution in [3.8, 4) is 0 Å². The van der Waals surface area contributed by atoms with Crippen LogP contribution >= 0.6 is 12.4 Å². The lowest BCUT2D eigenvalue weighted by Crippen LogP contribution is -2.37. The second-order valence-corrected chi connectivity index (χ2v) is 6.27. The molecule has 0 spiro atoms. The van der Waals surface area contributed by atoms with E-state index >= 15 is 0 Å². The number of aliphatic hydroxyl groups excluding tert-OH is 1. The zero-order chi connectivity index (χ0) is 14.3. The SMILES string of the molecule is CNCCCC(CO)NS(=O)(=O)c1ccc(C)cc1.Cl. The highest BCUT2D eigenvalue weighted by atomic mass is 35.5. The van der Waals surface area contributed by atoms with Crippen LogP contribution in [-0.4, -0.2) is 39.8 Å². The van der Waals surface area contributed by atoms with E-state index in [0.29, 0.717) is 6.42 Å². The molecule has 0 heterocycles. The van der Waals surface area contributed by atoms with Crippen molar-refractivity contribution in [1.82, 2.24) is 10.0 Å². The van der Waals surface area contributed by atoms with Gasteiger partial charge in [0.05, 0.1) is 11.5 Å². The van der Waals surface area contributed by atoms with Crippen molar-refractivity contribution in [2.24, 2.45) is 0 Å². The number of nitrogens with one attached hydrogen (secondary N) is 2. The molecule has 1 aromatic carbocycles. The van der Waals surface area contributed by atoms with E-state index in [1.807, 2.05) is 14.0 Å². The molecule has 0 aromatic heterocycles. The molecular weight excluding hydrogens is 300 g/mol. The number of hydrogen-bond acceptors (Lipinski definition) is 4. The first-order valence-electron chi connectivity index (χ1n) is 6.34. The number of halogens is 1. The second-order valence-electron chi connectivity index (χ2n) is 4.56. The maximum absolute atomic E-state index is 12.1. The van der Waals surface area contributed by atoms with Gasteiger partial charge >= 0.3 is 0 Å². The van der Waals surface area contributed by atoms with Crippen LogP contribution in [0.5, 0.6) is 0 Å². The predicted octanol–water partition coefficient (Wildman–Crippen LogP) is 1.06. The molecule has 0 saturated carbocycles. The molecule has 0 fully saturated rings. The van der Waals surface area contributed by atoms with Gasteiger partial charge < -0.3 is 10.4 Å². The number of hydrogen-bond donors (Lipinski definition) is 3. The Labute approximate surface area is 127 Å². The van der Waals surface area contributed by atoms with Crippen LogP contribution in [0.15, 0.2) is 29.2 Å². The highest BCUT2D eigenvalue weighted by Crippen LogP contribution is 2.11. The van der Waals surface area contributed by atoms with E-state index in [-0.39, 0.29) is 23.9 Å². The van der Waals surface area contributed by atoms with Crippen LogP contribution in [0.2, 0.25) is 0 Å². The average molecular weight is 323 g/mol. The molecule has 0 aliphatic heterocycles. The molecule has 7 heteroatoms. The number of rotatable bonds is 8. The van der Waals surface area contributed by atoms with Gasteiger partial charge in [0.1, 0.15) is 0 Å². The Balaban J connectivity index is 0.00000361. The molecule has 3 N–H and O–H groups in total. The van der Waals surface area contributed by atoms with Crippen molar-refractivity contribution in [2.45, 2.75) is 30.7 Å². The van der Waals surface area contributed by atoms with Crippen molar-refractivity contribution in [3.05, 3.63) is 29.8 Å². The maximum atomic E-state index is 12.1. The molecule has 0 aliphatic carbocycles. The van der Waals surface area contributed by atoms with E-state index in [2.05, 4.69) is 10.0 Å². The molecule has 0 amide bonds. The first-order chi connectivity index (χ1) is 8.99. The zero-order valence-electron chi connectivity index (χ0n) is 11.8.